The summed E-state index contributed by atoms with van der Waals surface area (Å²) in [5, 5.41) is 2.89. The van der Waals surface area contributed by atoms with Crippen molar-refractivity contribution in [1.82, 2.24) is 5.32 Å². The molecule has 1 fully saturated rings. The summed E-state index contributed by atoms with van der Waals surface area (Å²) in [6.45, 7) is 8.05. The second-order valence-corrected chi connectivity index (χ2v) is 10.3. The predicted octanol–water partition coefficient (Wildman–Crippen LogP) is 3.76. The van der Waals surface area contributed by atoms with Crippen LogP contribution in [0.4, 0.5) is 11.4 Å². The number of hydrogen-bond donors (Lipinski definition) is 1. The molecular weight excluding hydrogens is 410 g/mol. The Kier molecular flexibility index (Phi) is 7.26. The van der Waals surface area contributed by atoms with Crippen LogP contribution >= 0.6 is 0 Å². The van der Waals surface area contributed by atoms with Crippen LogP contribution < -0.4 is 14.5 Å². The van der Waals surface area contributed by atoms with Gasteiger partial charge in [0.05, 0.1) is 11.9 Å². The highest BCUT2D eigenvalue weighted by Gasteiger charge is 2.29. The molecule has 0 aromatic heterocycles. The predicted molar refractivity (Wildman–Crippen MR) is 127 cm³/mol. The Hall–Kier alpha value is -2.54. The van der Waals surface area contributed by atoms with Crippen molar-refractivity contribution in [1.29, 1.82) is 0 Å². The topological polar surface area (TPSA) is 69.7 Å². The Morgan fingerprint density at radius 2 is 1.68 bits per heavy atom. The molecule has 2 aromatic carbocycles. The molecule has 1 aliphatic heterocycles. The van der Waals surface area contributed by atoms with Crippen LogP contribution in [0.25, 0.3) is 0 Å². The van der Waals surface area contributed by atoms with Crippen molar-refractivity contribution >= 4 is 27.3 Å². The second-order valence-electron chi connectivity index (χ2n) is 8.44. The van der Waals surface area contributed by atoms with Gasteiger partial charge in [-0.15, -0.1) is 0 Å². The first-order valence-corrected chi connectivity index (χ1v) is 12.7. The van der Waals surface area contributed by atoms with E-state index in [1.807, 2.05) is 32.0 Å². The monoisotopic (exact) mass is 443 g/mol. The van der Waals surface area contributed by atoms with E-state index in [-0.39, 0.29) is 5.91 Å². The second kappa shape index (κ2) is 9.73. The van der Waals surface area contributed by atoms with Crippen molar-refractivity contribution < 1.29 is 13.2 Å². The average molecular weight is 444 g/mol. The standard InChI is InChI=1S/C24H33N3O3S/c1-18-8-11-23(16-19(18)2)27(31(4,29)30)20(3)24(28)25-17-21-9-12-22(13-10-21)26-14-6-5-7-15-26/h8-13,16,20H,5-7,14-15,17H2,1-4H3,(H,25,28)/t20-/m0/s1. The van der Waals surface area contributed by atoms with Crippen LogP contribution in [0.3, 0.4) is 0 Å². The number of nitrogens with zero attached hydrogens (tertiary/aromatic N) is 2. The van der Waals surface area contributed by atoms with Crippen LogP contribution in [0.5, 0.6) is 0 Å². The average Bonchev–Trinajstić information content (AvgIpc) is 2.74. The highest BCUT2D eigenvalue weighted by molar-refractivity contribution is 7.92. The molecule has 1 amide bonds. The fraction of sp³-hybridized carbons (Fsp3) is 0.458. The Balaban J connectivity index is 1.67. The van der Waals surface area contributed by atoms with E-state index < -0.39 is 16.1 Å². The van der Waals surface area contributed by atoms with Gasteiger partial charge in [-0.25, -0.2) is 8.42 Å². The lowest BCUT2D eigenvalue weighted by Crippen LogP contribution is -2.47. The van der Waals surface area contributed by atoms with E-state index in [1.165, 1.54) is 29.3 Å². The van der Waals surface area contributed by atoms with Crippen LogP contribution in [0.15, 0.2) is 42.5 Å². The van der Waals surface area contributed by atoms with Crippen molar-refractivity contribution in [3.05, 3.63) is 59.2 Å². The molecule has 7 heteroatoms. The highest BCUT2D eigenvalue weighted by atomic mass is 32.2. The number of hydrogen-bond acceptors (Lipinski definition) is 4. The molecule has 1 aliphatic rings. The maximum absolute atomic E-state index is 12.8. The SMILES string of the molecule is Cc1ccc(N([C@@H](C)C(=O)NCc2ccc(N3CCCCC3)cc2)S(C)(=O)=O)cc1C. The minimum atomic E-state index is -3.63. The van der Waals surface area contributed by atoms with Crippen LogP contribution in [-0.4, -0.2) is 39.7 Å². The van der Waals surface area contributed by atoms with Gasteiger partial charge in [0.2, 0.25) is 15.9 Å². The Bertz CT molecular complexity index is 1010. The molecule has 3 rings (SSSR count). The molecule has 1 N–H and O–H groups in total. The Morgan fingerprint density at radius 3 is 2.26 bits per heavy atom. The minimum Gasteiger partial charge on any atom is -0.372 e. The maximum atomic E-state index is 12.8. The van der Waals surface area contributed by atoms with Crippen molar-refractivity contribution in [3.63, 3.8) is 0 Å². The molecule has 168 valence electrons. The third-order valence-electron chi connectivity index (χ3n) is 5.96. The van der Waals surface area contributed by atoms with Gasteiger partial charge in [-0.3, -0.25) is 9.10 Å². The van der Waals surface area contributed by atoms with Crippen molar-refractivity contribution in [3.8, 4) is 0 Å². The van der Waals surface area contributed by atoms with E-state index in [4.69, 9.17) is 0 Å². The number of carbonyl (C=O) groups excluding carboxylic acids is 1. The van der Waals surface area contributed by atoms with E-state index in [9.17, 15) is 13.2 Å². The first kappa shape index (κ1) is 23.1. The molecule has 0 radical (unpaired) electrons. The summed E-state index contributed by atoms with van der Waals surface area (Å²) < 4.78 is 26.1. The summed E-state index contributed by atoms with van der Waals surface area (Å²) in [5.41, 5.74) is 4.74. The number of anilines is 2. The Morgan fingerprint density at radius 1 is 1.03 bits per heavy atom. The molecule has 2 aromatic rings. The van der Waals surface area contributed by atoms with Gasteiger partial charge in [0.25, 0.3) is 0 Å². The lowest BCUT2D eigenvalue weighted by molar-refractivity contribution is -0.122. The van der Waals surface area contributed by atoms with Gasteiger partial charge in [-0.05, 0) is 81.0 Å². The zero-order valence-electron chi connectivity index (χ0n) is 18.9. The van der Waals surface area contributed by atoms with Crippen LogP contribution in [0, 0.1) is 13.8 Å². The smallest absolute Gasteiger partial charge is 0.243 e. The summed E-state index contributed by atoms with van der Waals surface area (Å²) in [6.07, 6.45) is 4.89. The van der Waals surface area contributed by atoms with E-state index in [2.05, 4.69) is 22.3 Å². The molecule has 31 heavy (non-hydrogen) atoms. The van der Waals surface area contributed by atoms with E-state index in [0.29, 0.717) is 12.2 Å². The van der Waals surface area contributed by atoms with Gasteiger partial charge in [0.15, 0.2) is 0 Å². The molecule has 6 nitrogen and oxygen atoms in total. The van der Waals surface area contributed by atoms with Gasteiger partial charge >= 0.3 is 0 Å². The lowest BCUT2D eigenvalue weighted by atomic mass is 10.1. The summed E-state index contributed by atoms with van der Waals surface area (Å²) in [7, 11) is -3.63. The van der Waals surface area contributed by atoms with E-state index >= 15 is 0 Å². The lowest BCUT2D eigenvalue weighted by Gasteiger charge is -2.29. The van der Waals surface area contributed by atoms with Crippen LogP contribution in [0.2, 0.25) is 0 Å². The normalized spacial score (nSPS) is 15.4. The van der Waals surface area contributed by atoms with Crippen molar-refractivity contribution in [2.45, 2.75) is 52.6 Å². The number of nitrogens with one attached hydrogen (secondary N) is 1. The number of sulfonamides is 1. The third kappa shape index (κ3) is 5.79. The largest absolute Gasteiger partial charge is 0.372 e. The van der Waals surface area contributed by atoms with Gasteiger partial charge in [0.1, 0.15) is 6.04 Å². The van der Waals surface area contributed by atoms with E-state index in [0.717, 1.165) is 36.0 Å². The van der Waals surface area contributed by atoms with E-state index in [1.54, 1.807) is 19.1 Å². The molecule has 0 spiro atoms. The third-order valence-corrected chi connectivity index (χ3v) is 7.20. The molecule has 1 atom stereocenters. The molecule has 1 heterocycles. The fourth-order valence-electron chi connectivity index (χ4n) is 3.99. The molecule has 0 saturated carbocycles. The summed E-state index contributed by atoms with van der Waals surface area (Å²) in [4.78, 5) is 15.2. The number of amides is 1. The van der Waals surface area contributed by atoms with Crippen LogP contribution in [0.1, 0.15) is 42.9 Å². The zero-order valence-corrected chi connectivity index (χ0v) is 19.7. The molecule has 0 bridgehead atoms. The fourth-order valence-corrected chi connectivity index (χ4v) is 5.15. The number of rotatable bonds is 7. The van der Waals surface area contributed by atoms with Crippen LogP contribution in [-0.2, 0) is 21.4 Å². The number of piperidine rings is 1. The molecule has 0 unspecified atom stereocenters. The Labute approximate surface area is 186 Å². The summed E-state index contributed by atoms with van der Waals surface area (Å²) in [5.74, 6) is -0.330. The zero-order chi connectivity index (χ0) is 22.6. The quantitative estimate of drug-likeness (QED) is 0.707. The highest BCUT2D eigenvalue weighted by Crippen LogP contribution is 2.24. The molecule has 1 saturated heterocycles. The van der Waals surface area contributed by atoms with Gasteiger partial charge in [-0.2, -0.15) is 0 Å². The summed E-state index contributed by atoms with van der Waals surface area (Å²) in [6, 6.07) is 12.8. The maximum Gasteiger partial charge on any atom is 0.243 e. The van der Waals surface area contributed by atoms with Gasteiger partial charge in [-0.1, -0.05) is 18.2 Å². The van der Waals surface area contributed by atoms with Crippen molar-refractivity contribution in [2.24, 2.45) is 0 Å². The van der Waals surface area contributed by atoms with Gasteiger partial charge in [0, 0.05) is 25.3 Å². The summed E-state index contributed by atoms with van der Waals surface area (Å²) >= 11 is 0. The number of carbonyl (C=O) groups is 1. The van der Waals surface area contributed by atoms with Gasteiger partial charge < -0.3 is 10.2 Å². The number of benzene rings is 2. The molecule has 0 aliphatic carbocycles. The van der Waals surface area contributed by atoms with Crippen molar-refractivity contribution in [2.75, 3.05) is 28.6 Å². The number of aryl methyl sites for hydroxylation is 2. The minimum absolute atomic E-state index is 0.330. The molecular formula is C24H33N3O3S. The first-order chi connectivity index (χ1) is 14.7. The first-order valence-electron chi connectivity index (χ1n) is 10.8.